The molecular weight excluding hydrogens is 276 g/mol. The molecular formula is C15H27F2N3O. The van der Waals surface area contributed by atoms with Crippen molar-refractivity contribution in [3.05, 3.63) is 0 Å². The Morgan fingerprint density at radius 2 is 1.81 bits per heavy atom. The first kappa shape index (κ1) is 16.6. The second kappa shape index (κ2) is 7.49. The quantitative estimate of drug-likeness (QED) is 0.811. The molecule has 2 N–H and O–H groups in total. The molecule has 0 unspecified atom stereocenters. The van der Waals surface area contributed by atoms with Gasteiger partial charge >= 0.3 is 0 Å². The molecule has 2 aliphatic rings. The highest BCUT2D eigenvalue weighted by Gasteiger charge is 2.33. The van der Waals surface area contributed by atoms with Crippen molar-refractivity contribution in [1.29, 1.82) is 0 Å². The molecule has 122 valence electrons. The Bertz CT molecular complexity index is 334. The zero-order chi connectivity index (χ0) is 15.3. The van der Waals surface area contributed by atoms with E-state index in [0.29, 0.717) is 32.2 Å². The summed E-state index contributed by atoms with van der Waals surface area (Å²) in [6.07, 6.45) is 3.86. The first-order chi connectivity index (χ1) is 10.00. The van der Waals surface area contributed by atoms with Gasteiger partial charge in [-0.15, -0.1) is 0 Å². The molecule has 0 aromatic carbocycles. The van der Waals surface area contributed by atoms with Gasteiger partial charge in [-0.3, -0.25) is 4.79 Å². The van der Waals surface area contributed by atoms with Gasteiger partial charge in [0, 0.05) is 51.0 Å². The Morgan fingerprint density at radius 3 is 2.38 bits per heavy atom. The maximum atomic E-state index is 13.0. The van der Waals surface area contributed by atoms with Gasteiger partial charge in [0.1, 0.15) is 0 Å². The molecule has 1 saturated heterocycles. The molecule has 0 spiro atoms. The van der Waals surface area contributed by atoms with E-state index in [1.54, 1.807) is 0 Å². The summed E-state index contributed by atoms with van der Waals surface area (Å²) in [6, 6.07) is 0.545. The molecule has 0 atom stereocenters. The number of nitrogens with one attached hydrogen (secondary N) is 2. The molecule has 0 radical (unpaired) electrons. The Hall–Kier alpha value is -0.750. The van der Waals surface area contributed by atoms with Crippen molar-refractivity contribution in [2.45, 2.75) is 50.5 Å². The van der Waals surface area contributed by atoms with Crippen molar-refractivity contribution < 1.29 is 13.6 Å². The van der Waals surface area contributed by atoms with E-state index in [2.05, 4.69) is 10.6 Å². The maximum absolute atomic E-state index is 13.0. The number of carbonyl (C=O) groups excluding carboxylic acids is 1. The van der Waals surface area contributed by atoms with Crippen LogP contribution in [0.4, 0.5) is 8.78 Å². The van der Waals surface area contributed by atoms with E-state index in [9.17, 15) is 13.6 Å². The number of piperidine rings is 1. The number of amides is 1. The van der Waals surface area contributed by atoms with Crippen molar-refractivity contribution in [2.75, 3.05) is 33.2 Å². The van der Waals surface area contributed by atoms with E-state index in [1.807, 2.05) is 11.9 Å². The summed E-state index contributed by atoms with van der Waals surface area (Å²) in [5.41, 5.74) is 0. The zero-order valence-corrected chi connectivity index (χ0v) is 12.8. The van der Waals surface area contributed by atoms with E-state index < -0.39 is 5.92 Å². The number of halogens is 2. The fourth-order valence-corrected chi connectivity index (χ4v) is 3.23. The molecule has 4 nitrogen and oxygen atoms in total. The fourth-order valence-electron chi connectivity index (χ4n) is 3.23. The predicted octanol–water partition coefficient (Wildman–Crippen LogP) is 1.61. The number of rotatable bonds is 5. The van der Waals surface area contributed by atoms with Crippen LogP contribution < -0.4 is 10.6 Å². The van der Waals surface area contributed by atoms with Gasteiger partial charge in [-0.1, -0.05) is 0 Å². The summed E-state index contributed by atoms with van der Waals surface area (Å²) in [4.78, 5) is 14.1. The summed E-state index contributed by atoms with van der Waals surface area (Å²) in [5.74, 6) is -2.24. The molecule has 1 aliphatic heterocycles. The van der Waals surface area contributed by atoms with Gasteiger partial charge in [0.25, 0.3) is 5.92 Å². The summed E-state index contributed by atoms with van der Waals surface area (Å²) >= 11 is 0. The molecule has 6 heteroatoms. The van der Waals surface area contributed by atoms with E-state index >= 15 is 0 Å². The smallest absolute Gasteiger partial charge is 0.250 e. The molecule has 1 amide bonds. The minimum atomic E-state index is -2.49. The third-order valence-electron chi connectivity index (χ3n) is 4.82. The van der Waals surface area contributed by atoms with Crippen LogP contribution in [0.25, 0.3) is 0 Å². The monoisotopic (exact) mass is 303 g/mol. The van der Waals surface area contributed by atoms with Crippen molar-refractivity contribution in [2.24, 2.45) is 5.92 Å². The number of hydrogen-bond acceptors (Lipinski definition) is 3. The molecule has 0 bridgehead atoms. The Kier molecular flexibility index (Phi) is 5.93. The minimum Gasteiger partial charge on any atom is -0.355 e. The Balaban J connectivity index is 1.60. The minimum absolute atomic E-state index is 0.0605. The van der Waals surface area contributed by atoms with Gasteiger partial charge in [-0.25, -0.2) is 8.78 Å². The van der Waals surface area contributed by atoms with Crippen LogP contribution in [0.1, 0.15) is 38.5 Å². The van der Waals surface area contributed by atoms with Crippen LogP contribution in [0.2, 0.25) is 0 Å². The summed E-state index contributed by atoms with van der Waals surface area (Å²) in [7, 11) is 1.97. The maximum Gasteiger partial charge on any atom is 0.250 e. The average Bonchev–Trinajstić information content (AvgIpc) is 2.49. The van der Waals surface area contributed by atoms with Crippen LogP contribution in [0, 0.1) is 5.92 Å². The Morgan fingerprint density at radius 1 is 1.19 bits per heavy atom. The Labute approximate surface area is 125 Å². The number of hydrogen-bond donors (Lipinski definition) is 2. The molecule has 0 aromatic rings. The van der Waals surface area contributed by atoms with Crippen LogP contribution in [0.3, 0.4) is 0 Å². The predicted molar refractivity (Wildman–Crippen MR) is 78.4 cm³/mol. The van der Waals surface area contributed by atoms with Crippen LogP contribution in [-0.2, 0) is 4.79 Å². The highest BCUT2D eigenvalue weighted by atomic mass is 19.3. The van der Waals surface area contributed by atoms with Crippen LogP contribution in [0.15, 0.2) is 0 Å². The lowest BCUT2D eigenvalue weighted by Crippen LogP contribution is -2.44. The van der Waals surface area contributed by atoms with E-state index in [-0.39, 0.29) is 24.7 Å². The van der Waals surface area contributed by atoms with Crippen LogP contribution in [0.5, 0.6) is 0 Å². The van der Waals surface area contributed by atoms with Crippen molar-refractivity contribution in [3.63, 3.8) is 0 Å². The van der Waals surface area contributed by atoms with E-state index in [1.165, 1.54) is 0 Å². The van der Waals surface area contributed by atoms with Gasteiger partial charge in [0.15, 0.2) is 0 Å². The van der Waals surface area contributed by atoms with E-state index in [4.69, 9.17) is 0 Å². The third-order valence-corrected chi connectivity index (χ3v) is 4.82. The first-order valence-corrected chi connectivity index (χ1v) is 8.05. The fraction of sp³-hybridized carbons (Fsp3) is 0.933. The van der Waals surface area contributed by atoms with Crippen molar-refractivity contribution in [3.8, 4) is 0 Å². The zero-order valence-electron chi connectivity index (χ0n) is 12.8. The van der Waals surface area contributed by atoms with E-state index in [0.717, 1.165) is 25.7 Å². The lowest BCUT2D eigenvalue weighted by molar-refractivity contribution is -0.126. The average molecular weight is 303 g/mol. The summed E-state index contributed by atoms with van der Waals surface area (Å²) in [5, 5.41) is 6.22. The number of alkyl halides is 2. The highest BCUT2D eigenvalue weighted by molar-refractivity contribution is 5.78. The lowest BCUT2D eigenvalue weighted by atomic mass is 9.85. The summed E-state index contributed by atoms with van der Waals surface area (Å²) in [6.45, 7) is 2.09. The van der Waals surface area contributed by atoms with Crippen LogP contribution >= 0.6 is 0 Å². The molecule has 1 aliphatic carbocycles. The van der Waals surface area contributed by atoms with Gasteiger partial charge in [-0.2, -0.15) is 0 Å². The second-order valence-electron chi connectivity index (χ2n) is 6.33. The topological polar surface area (TPSA) is 44.4 Å². The first-order valence-electron chi connectivity index (χ1n) is 8.05. The molecule has 21 heavy (non-hydrogen) atoms. The van der Waals surface area contributed by atoms with Gasteiger partial charge in [0.2, 0.25) is 5.91 Å². The molecule has 2 fully saturated rings. The number of carbonyl (C=O) groups is 1. The normalized spacial score (nSPS) is 30.0. The van der Waals surface area contributed by atoms with Gasteiger partial charge in [0.05, 0.1) is 0 Å². The SMILES string of the molecule is CNC1CCC(C(=O)NCCN2CCC(F)(F)CC2)CC1. The van der Waals surface area contributed by atoms with Crippen LogP contribution in [-0.4, -0.2) is 56.0 Å². The number of likely N-dealkylation sites (tertiary alicyclic amines) is 1. The van der Waals surface area contributed by atoms with Gasteiger partial charge < -0.3 is 15.5 Å². The summed E-state index contributed by atoms with van der Waals surface area (Å²) < 4.78 is 26.1. The standard InChI is InChI=1S/C15H27F2N3O/c1-18-13-4-2-12(3-5-13)14(21)19-8-11-20-9-6-15(16,17)7-10-20/h12-13,18H,2-11H2,1H3,(H,19,21). The second-order valence-corrected chi connectivity index (χ2v) is 6.33. The number of nitrogens with zero attached hydrogens (tertiary/aromatic N) is 1. The molecule has 1 saturated carbocycles. The third kappa shape index (κ3) is 5.18. The molecule has 0 aromatic heterocycles. The largest absolute Gasteiger partial charge is 0.355 e. The lowest BCUT2D eigenvalue weighted by Gasteiger charge is -2.32. The van der Waals surface area contributed by atoms with Crippen molar-refractivity contribution in [1.82, 2.24) is 15.5 Å². The highest BCUT2D eigenvalue weighted by Crippen LogP contribution is 2.27. The molecule has 2 rings (SSSR count). The van der Waals surface area contributed by atoms with Crippen molar-refractivity contribution >= 4 is 5.91 Å². The van der Waals surface area contributed by atoms with Gasteiger partial charge in [-0.05, 0) is 32.7 Å². The molecule has 1 heterocycles.